The summed E-state index contributed by atoms with van der Waals surface area (Å²) < 4.78 is 6.07. The molecule has 1 rings (SSSR count). The Hall–Kier alpha value is -0.430. The lowest BCUT2D eigenvalue weighted by molar-refractivity contribution is 0.0259. The second kappa shape index (κ2) is 7.89. The fourth-order valence-corrected chi connectivity index (χ4v) is 2.71. The number of hydrogen-bond donors (Lipinski definition) is 2. The third kappa shape index (κ3) is 5.48. The Kier molecular flexibility index (Phi) is 6.85. The number of carbonyl (C=O) groups is 1. The van der Waals surface area contributed by atoms with Gasteiger partial charge in [0.05, 0.1) is 12.7 Å². The van der Waals surface area contributed by atoms with Crippen LogP contribution in [0.4, 0.5) is 0 Å². The second-order valence-electron chi connectivity index (χ2n) is 4.39. The Morgan fingerprint density at radius 2 is 2.28 bits per heavy atom. The minimum absolute atomic E-state index is 0.181. The summed E-state index contributed by atoms with van der Waals surface area (Å²) >= 11 is 4.65. The van der Waals surface area contributed by atoms with E-state index in [9.17, 15) is 9.90 Å². The summed E-state index contributed by atoms with van der Waals surface area (Å²) in [7, 11) is 0. The van der Waals surface area contributed by atoms with E-state index in [2.05, 4.69) is 21.2 Å². The first-order valence-corrected chi connectivity index (χ1v) is 7.45. The SMILES string of the molecule is CC(C)COCC(O)CNC(=O)c1sccc1Br. The summed E-state index contributed by atoms with van der Waals surface area (Å²) in [6.07, 6.45) is -0.675. The van der Waals surface area contributed by atoms with E-state index in [1.54, 1.807) is 0 Å². The smallest absolute Gasteiger partial charge is 0.262 e. The van der Waals surface area contributed by atoms with Crippen molar-refractivity contribution >= 4 is 33.2 Å². The molecule has 2 N–H and O–H groups in total. The molecule has 1 amide bonds. The van der Waals surface area contributed by atoms with Crippen LogP contribution in [0.1, 0.15) is 23.5 Å². The summed E-state index contributed by atoms with van der Waals surface area (Å²) in [6, 6.07) is 1.82. The number of rotatable bonds is 7. The number of hydrogen-bond acceptors (Lipinski definition) is 4. The number of thiophene rings is 1. The van der Waals surface area contributed by atoms with E-state index >= 15 is 0 Å². The quantitative estimate of drug-likeness (QED) is 0.803. The summed E-state index contributed by atoms with van der Waals surface area (Å²) in [5, 5.41) is 14.1. The molecule has 1 atom stereocenters. The average molecular weight is 336 g/mol. The minimum Gasteiger partial charge on any atom is -0.389 e. The highest BCUT2D eigenvalue weighted by molar-refractivity contribution is 9.10. The number of carbonyl (C=O) groups excluding carboxylic acids is 1. The van der Waals surface area contributed by atoms with E-state index in [1.165, 1.54) is 11.3 Å². The molecule has 0 saturated carbocycles. The predicted octanol–water partition coefficient (Wildman–Crippen LogP) is 2.27. The highest BCUT2D eigenvalue weighted by Gasteiger charge is 2.13. The van der Waals surface area contributed by atoms with Gasteiger partial charge in [-0.05, 0) is 33.3 Å². The molecule has 102 valence electrons. The summed E-state index contributed by atoms with van der Waals surface area (Å²) in [4.78, 5) is 12.3. The highest BCUT2D eigenvalue weighted by atomic mass is 79.9. The molecule has 0 aromatic carbocycles. The van der Waals surface area contributed by atoms with Crippen molar-refractivity contribution in [3.8, 4) is 0 Å². The van der Waals surface area contributed by atoms with Crippen LogP contribution in [0.2, 0.25) is 0 Å². The lowest BCUT2D eigenvalue weighted by Crippen LogP contribution is -2.34. The van der Waals surface area contributed by atoms with Gasteiger partial charge in [0.1, 0.15) is 4.88 Å². The highest BCUT2D eigenvalue weighted by Crippen LogP contribution is 2.22. The molecule has 0 aliphatic heterocycles. The molecule has 0 aliphatic rings. The second-order valence-corrected chi connectivity index (χ2v) is 6.16. The van der Waals surface area contributed by atoms with E-state index in [0.717, 1.165) is 4.47 Å². The molecule has 0 spiro atoms. The van der Waals surface area contributed by atoms with Crippen molar-refractivity contribution in [2.45, 2.75) is 20.0 Å². The van der Waals surface area contributed by atoms with Gasteiger partial charge in [-0.15, -0.1) is 11.3 Å². The van der Waals surface area contributed by atoms with E-state index in [1.807, 2.05) is 25.3 Å². The Morgan fingerprint density at radius 1 is 1.56 bits per heavy atom. The van der Waals surface area contributed by atoms with Crippen molar-refractivity contribution in [2.75, 3.05) is 19.8 Å². The first kappa shape index (κ1) is 15.6. The standard InChI is InChI=1S/C12H18BrNO3S/c1-8(2)6-17-7-9(15)5-14-12(16)11-10(13)3-4-18-11/h3-4,8-9,15H,5-7H2,1-2H3,(H,14,16). The Bertz CT molecular complexity index is 381. The third-order valence-corrected chi connectivity index (χ3v) is 3.92. The molecule has 6 heteroatoms. The van der Waals surface area contributed by atoms with E-state index in [4.69, 9.17) is 4.74 Å². The fourth-order valence-electron chi connectivity index (χ4n) is 1.25. The molecule has 1 aromatic rings. The van der Waals surface area contributed by atoms with Crippen molar-refractivity contribution in [1.82, 2.24) is 5.32 Å². The van der Waals surface area contributed by atoms with Gasteiger partial charge in [0.15, 0.2) is 0 Å². The number of amides is 1. The topological polar surface area (TPSA) is 58.6 Å². The third-order valence-electron chi connectivity index (χ3n) is 2.08. The van der Waals surface area contributed by atoms with Gasteiger partial charge in [0, 0.05) is 17.6 Å². The van der Waals surface area contributed by atoms with Crippen LogP contribution in [0.3, 0.4) is 0 Å². The molecule has 0 radical (unpaired) electrons. The summed E-state index contributed by atoms with van der Waals surface area (Å²) in [5.74, 6) is 0.258. The van der Waals surface area contributed by atoms with Crippen LogP contribution in [0.5, 0.6) is 0 Å². The number of halogens is 1. The lowest BCUT2D eigenvalue weighted by atomic mass is 10.2. The predicted molar refractivity (Wildman–Crippen MR) is 76.0 cm³/mol. The van der Waals surface area contributed by atoms with Crippen LogP contribution in [-0.2, 0) is 4.74 Å². The largest absolute Gasteiger partial charge is 0.389 e. The van der Waals surface area contributed by atoms with Gasteiger partial charge in [-0.25, -0.2) is 0 Å². The van der Waals surface area contributed by atoms with Crippen LogP contribution in [0.25, 0.3) is 0 Å². The maximum absolute atomic E-state index is 11.7. The van der Waals surface area contributed by atoms with Gasteiger partial charge < -0.3 is 15.2 Å². The molecule has 1 aromatic heterocycles. The van der Waals surface area contributed by atoms with Crippen LogP contribution in [0.15, 0.2) is 15.9 Å². The summed E-state index contributed by atoms with van der Waals surface area (Å²) in [5.41, 5.74) is 0. The van der Waals surface area contributed by atoms with Crippen molar-refractivity contribution in [2.24, 2.45) is 5.92 Å². The normalized spacial score (nSPS) is 12.7. The summed E-state index contributed by atoms with van der Waals surface area (Å²) in [6.45, 7) is 5.14. The van der Waals surface area contributed by atoms with E-state index in [-0.39, 0.29) is 19.1 Å². The fraction of sp³-hybridized carbons (Fsp3) is 0.583. The monoisotopic (exact) mass is 335 g/mol. The molecule has 0 aliphatic carbocycles. The van der Waals surface area contributed by atoms with Gasteiger partial charge in [-0.2, -0.15) is 0 Å². The molecule has 0 saturated heterocycles. The number of nitrogens with one attached hydrogen (secondary N) is 1. The van der Waals surface area contributed by atoms with Gasteiger partial charge in [0.25, 0.3) is 5.91 Å². The molecular formula is C12H18BrNO3S. The zero-order chi connectivity index (χ0) is 13.5. The Balaban J connectivity index is 2.24. The zero-order valence-corrected chi connectivity index (χ0v) is 12.9. The molecule has 1 heterocycles. The number of ether oxygens (including phenoxy) is 1. The first-order valence-electron chi connectivity index (χ1n) is 5.77. The van der Waals surface area contributed by atoms with E-state index < -0.39 is 6.10 Å². The molecule has 18 heavy (non-hydrogen) atoms. The van der Waals surface area contributed by atoms with Crippen LogP contribution in [-0.4, -0.2) is 36.9 Å². The van der Waals surface area contributed by atoms with Crippen LogP contribution < -0.4 is 5.32 Å². The molecule has 4 nitrogen and oxygen atoms in total. The maximum Gasteiger partial charge on any atom is 0.262 e. The molecule has 1 unspecified atom stereocenters. The zero-order valence-electron chi connectivity index (χ0n) is 10.5. The van der Waals surface area contributed by atoms with Gasteiger partial charge >= 0.3 is 0 Å². The van der Waals surface area contributed by atoms with Crippen LogP contribution >= 0.6 is 27.3 Å². The maximum atomic E-state index is 11.7. The average Bonchev–Trinajstić information content (AvgIpc) is 2.72. The van der Waals surface area contributed by atoms with Gasteiger partial charge in [-0.1, -0.05) is 13.8 Å². The van der Waals surface area contributed by atoms with Crippen molar-refractivity contribution in [3.63, 3.8) is 0 Å². The van der Waals surface area contributed by atoms with Crippen molar-refractivity contribution in [3.05, 3.63) is 20.8 Å². The lowest BCUT2D eigenvalue weighted by Gasteiger charge is -2.13. The van der Waals surface area contributed by atoms with Crippen molar-refractivity contribution < 1.29 is 14.6 Å². The van der Waals surface area contributed by atoms with Gasteiger partial charge in [-0.3, -0.25) is 4.79 Å². The number of aliphatic hydroxyl groups is 1. The molecule has 0 fully saturated rings. The van der Waals surface area contributed by atoms with Gasteiger partial charge in [0.2, 0.25) is 0 Å². The molecular weight excluding hydrogens is 318 g/mol. The van der Waals surface area contributed by atoms with Crippen molar-refractivity contribution in [1.29, 1.82) is 0 Å². The van der Waals surface area contributed by atoms with Crippen LogP contribution in [0, 0.1) is 5.92 Å². The Labute approximate surface area is 119 Å². The Morgan fingerprint density at radius 3 is 2.83 bits per heavy atom. The minimum atomic E-state index is -0.675. The number of aliphatic hydroxyl groups excluding tert-OH is 1. The molecule has 0 bridgehead atoms. The first-order chi connectivity index (χ1) is 8.50. The van der Waals surface area contributed by atoms with E-state index in [0.29, 0.717) is 17.4 Å².